The maximum absolute atomic E-state index is 11.2. The molecule has 1 N–H and O–H groups in total. The Labute approximate surface area is 137 Å². The van der Waals surface area contributed by atoms with Gasteiger partial charge in [-0.2, -0.15) is 5.10 Å². The summed E-state index contributed by atoms with van der Waals surface area (Å²) in [5, 5.41) is 7.97. The Morgan fingerprint density at radius 3 is 2.91 bits per heavy atom. The molecular weight excluding hydrogens is 310 g/mol. The van der Waals surface area contributed by atoms with Crippen LogP contribution < -0.4 is 5.32 Å². The van der Waals surface area contributed by atoms with Crippen molar-refractivity contribution in [1.82, 2.24) is 9.78 Å². The number of aromatic nitrogens is 2. The summed E-state index contributed by atoms with van der Waals surface area (Å²) in [7, 11) is -2.97. The molecule has 6 heteroatoms. The van der Waals surface area contributed by atoms with E-state index in [0.29, 0.717) is 6.54 Å². The third-order valence-corrected chi connectivity index (χ3v) is 5.20. The normalized spacial score (nSPS) is 18.2. The van der Waals surface area contributed by atoms with E-state index < -0.39 is 9.84 Å². The van der Waals surface area contributed by atoms with E-state index in [1.165, 1.54) is 30.2 Å². The lowest BCUT2D eigenvalue weighted by Crippen LogP contribution is -2.14. The fourth-order valence-corrected chi connectivity index (χ4v) is 3.59. The van der Waals surface area contributed by atoms with Gasteiger partial charge in [0.15, 0.2) is 0 Å². The fraction of sp³-hybridized carbons (Fsp3) is 0.471. The van der Waals surface area contributed by atoms with Crippen molar-refractivity contribution in [2.45, 2.75) is 38.3 Å². The zero-order valence-electron chi connectivity index (χ0n) is 13.4. The van der Waals surface area contributed by atoms with Crippen molar-refractivity contribution in [3.8, 4) is 0 Å². The van der Waals surface area contributed by atoms with Gasteiger partial charge in [0.2, 0.25) is 0 Å². The summed E-state index contributed by atoms with van der Waals surface area (Å²) < 4.78 is 24.2. The minimum Gasteiger partial charge on any atom is -0.362 e. The third kappa shape index (κ3) is 4.34. The topological polar surface area (TPSA) is 64.0 Å². The van der Waals surface area contributed by atoms with Crippen LogP contribution in [0.1, 0.15) is 36.4 Å². The minimum atomic E-state index is -2.97. The van der Waals surface area contributed by atoms with E-state index in [1.54, 1.807) is 4.68 Å². The van der Waals surface area contributed by atoms with Crippen molar-refractivity contribution in [1.29, 1.82) is 0 Å². The second-order valence-corrected chi connectivity index (χ2v) is 8.50. The molecule has 0 bridgehead atoms. The van der Waals surface area contributed by atoms with Crippen LogP contribution in [0.2, 0.25) is 0 Å². The number of hydrogen-bond acceptors (Lipinski definition) is 4. The van der Waals surface area contributed by atoms with Gasteiger partial charge in [-0.25, -0.2) is 8.42 Å². The van der Waals surface area contributed by atoms with E-state index in [4.69, 9.17) is 0 Å². The second-order valence-electron chi connectivity index (χ2n) is 6.24. The quantitative estimate of drug-likeness (QED) is 0.855. The first-order chi connectivity index (χ1) is 11.0. The summed E-state index contributed by atoms with van der Waals surface area (Å²) in [6.45, 7) is 0.391. The first kappa shape index (κ1) is 16.1. The Hall–Kier alpha value is -1.82. The van der Waals surface area contributed by atoms with Crippen LogP contribution in [0.25, 0.3) is 0 Å². The van der Waals surface area contributed by atoms with Crippen molar-refractivity contribution in [2.75, 3.05) is 17.3 Å². The van der Waals surface area contributed by atoms with E-state index in [9.17, 15) is 8.42 Å². The molecule has 0 fully saturated rings. The predicted octanol–water partition coefficient (Wildman–Crippen LogP) is 2.81. The molecule has 0 saturated carbocycles. The molecule has 0 amide bonds. The summed E-state index contributed by atoms with van der Waals surface area (Å²) in [6, 6.07) is 10.8. The molecule has 23 heavy (non-hydrogen) atoms. The molecule has 0 radical (unpaired) electrons. The van der Waals surface area contributed by atoms with Gasteiger partial charge in [0.1, 0.15) is 15.7 Å². The van der Waals surface area contributed by atoms with Gasteiger partial charge in [0, 0.05) is 18.5 Å². The Morgan fingerprint density at radius 2 is 2.09 bits per heavy atom. The van der Waals surface area contributed by atoms with Gasteiger partial charge in [-0.3, -0.25) is 4.68 Å². The highest BCUT2D eigenvalue weighted by Crippen LogP contribution is 2.30. The minimum absolute atomic E-state index is 0.111. The van der Waals surface area contributed by atoms with Crippen LogP contribution in [0.15, 0.2) is 36.5 Å². The molecular formula is C17H23N3O2S. The number of nitrogens with one attached hydrogen (secondary N) is 1. The second kappa shape index (κ2) is 6.74. The molecule has 1 aromatic heterocycles. The van der Waals surface area contributed by atoms with E-state index >= 15 is 0 Å². The van der Waals surface area contributed by atoms with E-state index in [-0.39, 0.29) is 11.8 Å². The number of hydrogen-bond donors (Lipinski definition) is 1. The average molecular weight is 333 g/mol. The molecule has 124 valence electrons. The molecule has 1 aromatic carbocycles. The zero-order chi connectivity index (χ0) is 16.3. The van der Waals surface area contributed by atoms with Crippen molar-refractivity contribution in [3.63, 3.8) is 0 Å². The standard InChI is InChI=1S/C17H23N3O2S/c1-23(21,22)13-12-20-11-10-17(19-20)18-16-9-5-3-7-14-6-2-4-8-15(14)16/h2,4,6,8,10-11,16H,3,5,7,9,12-13H2,1H3,(H,18,19)/t16-/m0/s1. The number of sulfone groups is 1. The van der Waals surface area contributed by atoms with Crippen LogP contribution in [0.4, 0.5) is 5.82 Å². The van der Waals surface area contributed by atoms with Gasteiger partial charge in [-0.05, 0) is 30.4 Å². The number of rotatable bonds is 5. The van der Waals surface area contributed by atoms with Gasteiger partial charge >= 0.3 is 0 Å². The van der Waals surface area contributed by atoms with Crippen LogP contribution in [0.5, 0.6) is 0 Å². The van der Waals surface area contributed by atoms with Crippen molar-refractivity contribution >= 4 is 15.7 Å². The van der Waals surface area contributed by atoms with Crippen LogP contribution >= 0.6 is 0 Å². The molecule has 1 heterocycles. The predicted molar refractivity (Wildman–Crippen MR) is 92.3 cm³/mol. The van der Waals surface area contributed by atoms with Crippen LogP contribution in [0, 0.1) is 0 Å². The fourth-order valence-electron chi connectivity index (χ4n) is 3.07. The van der Waals surface area contributed by atoms with E-state index in [0.717, 1.165) is 18.7 Å². The zero-order valence-corrected chi connectivity index (χ0v) is 14.2. The van der Waals surface area contributed by atoms with Crippen molar-refractivity contribution < 1.29 is 8.42 Å². The van der Waals surface area contributed by atoms with Crippen LogP contribution in [-0.4, -0.2) is 30.2 Å². The SMILES string of the molecule is CS(=O)(=O)CCn1ccc(N[C@H]2CCCCc3ccccc32)n1. The Kier molecular flexibility index (Phi) is 4.71. The number of nitrogens with zero attached hydrogens (tertiary/aromatic N) is 2. The summed E-state index contributed by atoms with van der Waals surface area (Å²) in [4.78, 5) is 0. The highest BCUT2D eigenvalue weighted by Gasteiger charge is 2.18. The smallest absolute Gasteiger partial charge is 0.149 e. The van der Waals surface area contributed by atoms with Gasteiger partial charge in [0.25, 0.3) is 0 Å². The van der Waals surface area contributed by atoms with E-state index in [2.05, 4.69) is 34.7 Å². The lowest BCUT2D eigenvalue weighted by Gasteiger charge is -2.19. The number of fused-ring (bicyclic) bond motifs is 1. The van der Waals surface area contributed by atoms with Crippen LogP contribution in [0.3, 0.4) is 0 Å². The summed E-state index contributed by atoms with van der Waals surface area (Å²) >= 11 is 0. The van der Waals surface area contributed by atoms with Gasteiger partial charge in [-0.15, -0.1) is 0 Å². The van der Waals surface area contributed by atoms with Gasteiger partial charge in [-0.1, -0.05) is 30.7 Å². The van der Waals surface area contributed by atoms with Gasteiger partial charge in [0.05, 0.1) is 18.3 Å². The summed E-state index contributed by atoms with van der Waals surface area (Å²) in [5.41, 5.74) is 2.77. The average Bonchev–Trinajstić information content (AvgIpc) is 2.86. The Morgan fingerprint density at radius 1 is 1.26 bits per heavy atom. The first-order valence-electron chi connectivity index (χ1n) is 8.07. The molecule has 0 spiro atoms. The maximum Gasteiger partial charge on any atom is 0.149 e. The largest absolute Gasteiger partial charge is 0.362 e. The lowest BCUT2D eigenvalue weighted by molar-refractivity contribution is 0.585. The van der Waals surface area contributed by atoms with Crippen molar-refractivity contribution in [2.24, 2.45) is 0 Å². The lowest BCUT2D eigenvalue weighted by atomic mass is 9.99. The number of anilines is 1. The molecule has 2 aromatic rings. The number of benzene rings is 1. The highest BCUT2D eigenvalue weighted by atomic mass is 32.2. The summed E-state index contributed by atoms with van der Waals surface area (Å²) in [5.74, 6) is 0.917. The molecule has 5 nitrogen and oxygen atoms in total. The maximum atomic E-state index is 11.2. The first-order valence-corrected chi connectivity index (χ1v) is 10.1. The Bertz CT molecular complexity index is 768. The molecule has 0 unspecified atom stereocenters. The number of aryl methyl sites for hydroxylation is 2. The van der Waals surface area contributed by atoms with E-state index in [1.807, 2.05) is 12.3 Å². The molecule has 0 aliphatic heterocycles. The highest BCUT2D eigenvalue weighted by molar-refractivity contribution is 7.90. The molecule has 3 rings (SSSR count). The van der Waals surface area contributed by atoms with Crippen LogP contribution in [-0.2, 0) is 22.8 Å². The molecule has 0 saturated heterocycles. The summed E-state index contributed by atoms with van der Waals surface area (Å²) in [6.07, 6.45) is 7.72. The van der Waals surface area contributed by atoms with Crippen molar-refractivity contribution in [3.05, 3.63) is 47.7 Å². The molecule has 1 atom stereocenters. The molecule has 1 aliphatic rings. The van der Waals surface area contributed by atoms with Gasteiger partial charge < -0.3 is 5.32 Å². The third-order valence-electron chi connectivity index (χ3n) is 4.27. The Balaban J connectivity index is 1.71. The molecule has 1 aliphatic carbocycles. The monoisotopic (exact) mass is 333 g/mol.